The molecule has 0 N–H and O–H groups in total. The second kappa shape index (κ2) is 10.8. The summed E-state index contributed by atoms with van der Waals surface area (Å²) in [7, 11) is -2.20. The highest BCUT2D eigenvalue weighted by molar-refractivity contribution is 9.10. The van der Waals surface area contributed by atoms with Crippen molar-refractivity contribution in [2.24, 2.45) is 5.10 Å². The largest absolute Gasteiger partial charge is 0.463 e. The van der Waals surface area contributed by atoms with Crippen LogP contribution >= 0.6 is 27.3 Å². The van der Waals surface area contributed by atoms with E-state index in [1.54, 1.807) is 12.1 Å². The van der Waals surface area contributed by atoms with Gasteiger partial charge < -0.3 is 9.15 Å². The molecule has 1 atom stereocenters. The number of furan rings is 1. The molecular weight excluding hydrogens is 580 g/mol. The Morgan fingerprint density at radius 3 is 2.76 bits per heavy atom. The zero-order valence-corrected chi connectivity index (χ0v) is 23.0. The van der Waals surface area contributed by atoms with Gasteiger partial charge in [-0.3, -0.25) is 4.79 Å². The lowest BCUT2D eigenvalue weighted by Crippen LogP contribution is -2.34. The second-order valence-corrected chi connectivity index (χ2v) is 12.4. The topological polar surface area (TPSA) is 105 Å². The van der Waals surface area contributed by atoms with Crippen LogP contribution in [0.15, 0.2) is 79.7 Å². The molecule has 0 aliphatic carbocycles. The summed E-state index contributed by atoms with van der Waals surface area (Å²) in [5.41, 5.74) is 0.989. The number of fused-ring (bicyclic) bond motifs is 1. The van der Waals surface area contributed by atoms with Crippen molar-refractivity contribution in [3.05, 3.63) is 76.7 Å². The third kappa shape index (κ3) is 5.68. The number of nitrogens with zero attached hydrogens (tertiary/aromatic N) is 4. The number of ether oxygens (including phenoxy) is 1. The van der Waals surface area contributed by atoms with E-state index in [0.29, 0.717) is 17.5 Å². The highest BCUT2D eigenvalue weighted by Crippen LogP contribution is 2.32. The Hall–Kier alpha value is -2.90. The van der Waals surface area contributed by atoms with Gasteiger partial charge in [-0.15, -0.1) is 0 Å². The number of likely N-dealkylation sites (N-methyl/N-ethyl adjacent to an activating group) is 1. The smallest absolute Gasteiger partial charge is 0.280 e. The Balaban J connectivity index is 1.42. The SMILES string of the molecule is CN(CC1CCCO1)S(=O)(=O)c1ccc(C(=O)N(/N=C/c2ccco2)c2nc3ccc(Br)cc3s2)cc1. The van der Waals surface area contributed by atoms with Crippen molar-refractivity contribution in [3.63, 3.8) is 0 Å². The highest BCUT2D eigenvalue weighted by Gasteiger charge is 2.27. The Morgan fingerprint density at radius 2 is 2.05 bits per heavy atom. The molecule has 192 valence electrons. The number of hydrazone groups is 1. The number of aromatic nitrogens is 1. The molecule has 0 spiro atoms. The lowest BCUT2D eigenvalue weighted by Gasteiger charge is -2.20. The number of anilines is 1. The van der Waals surface area contributed by atoms with Crippen molar-refractivity contribution >= 4 is 64.8 Å². The number of carbonyl (C=O) groups is 1. The first-order valence-electron chi connectivity index (χ1n) is 11.5. The minimum Gasteiger partial charge on any atom is -0.463 e. The fourth-order valence-electron chi connectivity index (χ4n) is 3.89. The molecule has 0 bridgehead atoms. The van der Waals surface area contributed by atoms with Crippen molar-refractivity contribution in [1.82, 2.24) is 9.29 Å². The van der Waals surface area contributed by atoms with Crippen LogP contribution in [0.5, 0.6) is 0 Å². The van der Waals surface area contributed by atoms with Crippen LogP contribution in [-0.2, 0) is 14.8 Å². The predicted molar refractivity (Wildman–Crippen MR) is 146 cm³/mol. The van der Waals surface area contributed by atoms with Crippen molar-refractivity contribution in [3.8, 4) is 0 Å². The van der Waals surface area contributed by atoms with E-state index in [9.17, 15) is 13.2 Å². The van der Waals surface area contributed by atoms with Gasteiger partial charge in [0.1, 0.15) is 5.76 Å². The van der Waals surface area contributed by atoms with Crippen LogP contribution in [-0.4, -0.2) is 56.1 Å². The molecule has 1 amide bonds. The molecule has 3 heterocycles. The van der Waals surface area contributed by atoms with E-state index in [4.69, 9.17) is 9.15 Å². The molecule has 0 saturated carbocycles. The van der Waals surface area contributed by atoms with E-state index >= 15 is 0 Å². The molecule has 0 radical (unpaired) electrons. The molecule has 1 saturated heterocycles. The monoisotopic (exact) mass is 602 g/mol. The Bertz CT molecular complexity index is 1530. The number of hydrogen-bond donors (Lipinski definition) is 0. The van der Waals surface area contributed by atoms with Gasteiger partial charge in [0.05, 0.1) is 33.7 Å². The van der Waals surface area contributed by atoms with Crippen LogP contribution in [0.25, 0.3) is 10.2 Å². The van der Waals surface area contributed by atoms with Crippen LogP contribution in [0.4, 0.5) is 5.13 Å². The molecular formula is C25H23BrN4O5S2. The fraction of sp³-hybridized carbons (Fsp3) is 0.240. The van der Waals surface area contributed by atoms with E-state index in [1.165, 1.54) is 64.4 Å². The second-order valence-electron chi connectivity index (χ2n) is 8.43. The Kier molecular flexibility index (Phi) is 7.54. The standard InChI is InChI=1S/C25H23BrN4O5S2/c1-29(16-20-5-3-13-35-20)37(32,33)21-9-6-17(7-10-21)24(31)30(27-15-19-4-2-12-34-19)25-28-22-11-8-18(26)14-23(22)36-25/h2,4,6-12,14-15,20H,3,5,13,16H2,1H3/b27-15+. The summed E-state index contributed by atoms with van der Waals surface area (Å²) in [4.78, 5) is 18.2. The summed E-state index contributed by atoms with van der Waals surface area (Å²) in [5, 5.41) is 5.91. The zero-order chi connectivity index (χ0) is 26.0. The van der Waals surface area contributed by atoms with Gasteiger partial charge in [0, 0.05) is 30.2 Å². The summed E-state index contributed by atoms with van der Waals surface area (Å²) in [6, 6.07) is 14.9. The van der Waals surface area contributed by atoms with Crippen LogP contribution < -0.4 is 5.01 Å². The first-order chi connectivity index (χ1) is 17.8. The zero-order valence-electron chi connectivity index (χ0n) is 19.8. The van der Waals surface area contributed by atoms with E-state index in [-0.39, 0.29) is 23.1 Å². The van der Waals surface area contributed by atoms with Gasteiger partial charge in [0.15, 0.2) is 0 Å². The third-order valence-corrected chi connectivity index (χ3v) is 9.18. The fourth-order valence-corrected chi connectivity index (χ4v) is 6.57. The Labute approximate surface area is 226 Å². The molecule has 4 aromatic rings. The first-order valence-corrected chi connectivity index (χ1v) is 14.5. The van der Waals surface area contributed by atoms with Gasteiger partial charge in [0.2, 0.25) is 15.2 Å². The predicted octanol–water partition coefficient (Wildman–Crippen LogP) is 5.13. The highest BCUT2D eigenvalue weighted by atomic mass is 79.9. The van der Waals surface area contributed by atoms with E-state index < -0.39 is 15.9 Å². The number of hydrogen-bond acceptors (Lipinski definition) is 8. The number of benzene rings is 2. The summed E-state index contributed by atoms with van der Waals surface area (Å²) in [5.74, 6) is 0.00922. The normalized spacial score (nSPS) is 16.2. The molecule has 5 rings (SSSR count). The molecule has 1 fully saturated rings. The Morgan fingerprint density at radius 1 is 1.24 bits per heavy atom. The number of amides is 1. The average molecular weight is 604 g/mol. The van der Waals surface area contributed by atoms with Gasteiger partial charge in [-0.2, -0.15) is 14.4 Å². The molecule has 37 heavy (non-hydrogen) atoms. The molecule has 9 nitrogen and oxygen atoms in total. The number of sulfonamides is 1. The molecule has 1 aliphatic heterocycles. The van der Waals surface area contributed by atoms with Crippen molar-refractivity contribution in [2.75, 3.05) is 25.2 Å². The summed E-state index contributed by atoms with van der Waals surface area (Å²) in [6.45, 7) is 0.937. The molecule has 1 unspecified atom stereocenters. The van der Waals surface area contributed by atoms with Gasteiger partial charge >= 0.3 is 0 Å². The number of halogens is 1. The summed E-state index contributed by atoms with van der Waals surface area (Å²) < 4.78 is 40.0. The van der Waals surface area contributed by atoms with Crippen LogP contribution in [0.3, 0.4) is 0 Å². The minimum atomic E-state index is -3.73. The average Bonchev–Trinajstić information content (AvgIpc) is 3.66. The van der Waals surface area contributed by atoms with Crippen LogP contribution in [0, 0.1) is 0 Å². The lowest BCUT2D eigenvalue weighted by atomic mass is 10.2. The summed E-state index contributed by atoms with van der Waals surface area (Å²) in [6.07, 6.45) is 4.61. The maximum absolute atomic E-state index is 13.5. The van der Waals surface area contributed by atoms with Crippen molar-refractivity contribution < 1.29 is 22.4 Å². The summed E-state index contributed by atoms with van der Waals surface area (Å²) >= 11 is 4.77. The van der Waals surface area contributed by atoms with Gasteiger partial charge in [-0.05, 0) is 67.4 Å². The van der Waals surface area contributed by atoms with Gasteiger partial charge in [-0.1, -0.05) is 27.3 Å². The van der Waals surface area contributed by atoms with Crippen LogP contribution in [0.1, 0.15) is 29.0 Å². The van der Waals surface area contributed by atoms with Crippen molar-refractivity contribution in [2.45, 2.75) is 23.8 Å². The maximum atomic E-state index is 13.5. The first kappa shape index (κ1) is 25.7. The molecule has 2 aromatic heterocycles. The van der Waals surface area contributed by atoms with Crippen molar-refractivity contribution in [1.29, 1.82) is 0 Å². The third-order valence-electron chi connectivity index (χ3n) is 5.85. The number of thiazole rings is 1. The number of carbonyl (C=O) groups excluding carboxylic acids is 1. The molecule has 2 aromatic carbocycles. The lowest BCUT2D eigenvalue weighted by molar-refractivity contribution is 0.0978. The number of rotatable bonds is 8. The maximum Gasteiger partial charge on any atom is 0.280 e. The quantitative estimate of drug-likeness (QED) is 0.204. The minimum absolute atomic E-state index is 0.0972. The van der Waals surface area contributed by atoms with Gasteiger partial charge in [0.25, 0.3) is 5.91 Å². The van der Waals surface area contributed by atoms with E-state index in [2.05, 4.69) is 26.0 Å². The molecule has 12 heteroatoms. The van der Waals surface area contributed by atoms with E-state index in [0.717, 1.165) is 27.5 Å². The van der Waals surface area contributed by atoms with Crippen LogP contribution in [0.2, 0.25) is 0 Å². The van der Waals surface area contributed by atoms with Gasteiger partial charge in [-0.25, -0.2) is 13.4 Å². The molecule has 1 aliphatic rings. The van der Waals surface area contributed by atoms with E-state index in [1.807, 2.05) is 18.2 Å².